The third kappa shape index (κ3) is 3.55. The second-order valence-electron chi connectivity index (χ2n) is 6.72. The van der Waals surface area contributed by atoms with Crippen molar-refractivity contribution in [3.63, 3.8) is 0 Å². The van der Waals surface area contributed by atoms with E-state index in [1.54, 1.807) is 34.9 Å². The molecule has 2 heterocycles. The first-order valence-electron chi connectivity index (χ1n) is 9.27. The van der Waals surface area contributed by atoms with E-state index < -0.39 is 15.3 Å². The molecule has 0 radical (unpaired) electrons. The first-order valence-corrected chi connectivity index (χ1v) is 10.8. The lowest BCUT2D eigenvalue weighted by Gasteiger charge is -2.18. The summed E-state index contributed by atoms with van der Waals surface area (Å²) in [6.07, 6.45) is 4.57. The van der Waals surface area contributed by atoms with Gasteiger partial charge in [0.1, 0.15) is 17.2 Å². The standard InChI is InChI=1S/C19H22N4O5S/c1-26-14-9-5-10-15(27-2)17(14)23-18(16-11-6-12-28-16)20-21-19(23)22-29(24,25)13-7-3-4-8-13/h5-6,9-13H,3-4,7-8H2,1-2H3,(H,21,22). The molecule has 0 saturated heterocycles. The lowest BCUT2D eigenvalue weighted by atomic mass is 10.2. The second kappa shape index (κ2) is 7.78. The van der Waals surface area contributed by atoms with Crippen molar-refractivity contribution in [1.29, 1.82) is 0 Å². The van der Waals surface area contributed by atoms with Crippen molar-refractivity contribution in [2.24, 2.45) is 0 Å². The van der Waals surface area contributed by atoms with Crippen molar-refractivity contribution >= 4 is 16.0 Å². The minimum absolute atomic E-state index is 0.0473. The van der Waals surface area contributed by atoms with E-state index in [-0.39, 0.29) is 5.95 Å². The fourth-order valence-electron chi connectivity index (χ4n) is 3.59. The average molecular weight is 418 g/mol. The van der Waals surface area contributed by atoms with Crippen LogP contribution < -0.4 is 14.2 Å². The maximum atomic E-state index is 12.9. The number of hydrogen-bond donors (Lipinski definition) is 1. The Bertz CT molecular complexity index is 1060. The zero-order chi connectivity index (χ0) is 20.4. The van der Waals surface area contributed by atoms with Gasteiger partial charge >= 0.3 is 0 Å². The Morgan fingerprint density at radius 3 is 2.34 bits per heavy atom. The number of benzene rings is 1. The highest BCUT2D eigenvalue weighted by Crippen LogP contribution is 2.38. The molecule has 0 spiro atoms. The van der Waals surface area contributed by atoms with E-state index in [0.29, 0.717) is 41.6 Å². The molecule has 1 saturated carbocycles. The van der Waals surface area contributed by atoms with Crippen molar-refractivity contribution in [3.05, 3.63) is 36.6 Å². The van der Waals surface area contributed by atoms with Gasteiger partial charge in [0.05, 0.1) is 25.7 Å². The summed E-state index contributed by atoms with van der Waals surface area (Å²) in [5.74, 6) is 1.74. The van der Waals surface area contributed by atoms with Crippen LogP contribution >= 0.6 is 0 Å². The van der Waals surface area contributed by atoms with Gasteiger partial charge in [-0.1, -0.05) is 18.9 Å². The van der Waals surface area contributed by atoms with Gasteiger partial charge in [-0.15, -0.1) is 10.2 Å². The highest BCUT2D eigenvalue weighted by atomic mass is 32.2. The normalized spacial score (nSPS) is 14.8. The molecule has 1 aliphatic rings. The highest BCUT2D eigenvalue weighted by Gasteiger charge is 2.32. The van der Waals surface area contributed by atoms with Crippen LogP contribution in [0, 0.1) is 0 Å². The highest BCUT2D eigenvalue weighted by molar-refractivity contribution is 7.93. The first-order chi connectivity index (χ1) is 14.0. The quantitative estimate of drug-likeness (QED) is 0.627. The molecule has 10 heteroatoms. The number of aromatic nitrogens is 3. The van der Waals surface area contributed by atoms with E-state index in [1.165, 1.54) is 20.5 Å². The number of para-hydroxylation sites is 1. The largest absolute Gasteiger partial charge is 0.494 e. The number of nitrogens with one attached hydrogen (secondary N) is 1. The summed E-state index contributed by atoms with van der Waals surface area (Å²) in [4.78, 5) is 0. The number of nitrogens with zero attached hydrogens (tertiary/aromatic N) is 3. The second-order valence-corrected chi connectivity index (χ2v) is 8.69. The van der Waals surface area contributed by atoms with E-state index >= 15 is 0 Å². The Hall–Kier alpha value is -3.01. The molecule has 154 valence electrons. The number of methoxy groups -OCH3 is 2. The van der Waals surface area contributed by atoms with Crippen LogP contribution in [0.4, 0.5) is 5.95 Å². The summed E-state index contributed by atoms with van der Waals surface area (Å²) >= 11 is 0. The molecule has 1 aromatic carbocycles. The monoisotopic (exact) mass is 418 g/mol. The van der Waals surface area contributed by atoms with Gasteiger partial charge in [0.2, 0.25) is 21.8 Å². The Kier molecular flexibility index (Phi) is 5.18. The topological polar surface area (TPSA) is 108 Å². The number of anilines is 1. The lowest BCUT2D eigenvalue weighted by Crippen LogP contribution is -2.27. The fourth-order valence-corrected chi connectivity index (χ4v) is 5.10. The van der Waals surface area contributed by atoms with Gasteiger partial charge in [-0.3, -0.25) is 9.29 Å². The zero-order valence-electron chi connectivity index (χ0n) is 16.2. The van der Waals surface area contributed by atoms with Gasteiger partial charge in [-0.25, -0.2) is 8.42 Å². The average Bonchev–Trinajstić information content (AvgIpc) is 3.48. The van der Waals surface area contributed by atoms with Crippen molar-refractivity contribution in [1.82, 2.24) is 14.8 Å². The Labute approximate surface area is 168 Å². The molecule has 29 heavy (non-hydrogen) atoms. The van der Waals surface area contributed by atoms with Crippen LogP contribution in [-0.4, -0.2) is 42.7 Å². The molecule has 4 rings (SSSR count). The first kappa shape index (κ1) is 19.3. The molecule has 0 amide bonds. The Morgan fingerprint density at radius 2 is 1.76 bits per heavy atom. The van der Waals surface area contributed by atoms with Gasteiger partial charge in [0.15, 0.2) is 5.76 Å². The smallest absolute Gasteiger partial charge is 0.243 e. The van der Waals surface area contributed by atoms with Crippen molar-refractivity contribution in [2.75, 3.05) is 18.9 Å². The maximum absolute atomic E-state index is 12.9. The molecule has 1 N–H and O–H groups in total. The van der Waals surface area contributed by atoms with Gasteiger partial charge in [-0.05, 0) is 37.1 Å². The Balaban J connectivity index is 1.89. The molecule has 3 aromatic rings. The van der Waals surface area contributed by atoms with Crippen LogP contribution in [0.3, 0.4) is 0 Å². The molecule has 1 aliphatic carbocycles. The van der Waals surface area contributed by atoms with Crippen LogP contribution in [0.25, 0.3) is 17.3 Å². The van der Waals surface area contributed by atoms with Gasteiger partial charge < -0.3 is 13.9 Å². The van der Waals surface area contributed by atoms with E-state index in [4.69, 9.17) is 13.9 Å². The van der Waals surface area contributed by atoms with Crippen molar-refractivity contribution in [2.45, 2.75) is 30.9 Å². The molecule has 0 unspecified atom stereocenters. The number of furan rings is 1. The van der Waals surface area contributed by atoms with Crippen LogP contribution in [0.5, 0.6) is 11.5 Å². The van der Waals surface area contributed by atoms with Crippen molar-refractivity contribution in [3.8, 4) is 28.8 Å². The third-order valence-corrected chi connectivity index (χ3v) is 6.82. The Morgan fingerprint density at radius 1 is 1.07 bits per heavy atom. The zero-order valence-corrected chi connectivity index (χ0v) is 17.0. The van der Waals surface area contributed by atoms with Crippen LogP contribution in [0.2, 0.25) is 0 Å². The molecule has 9 nitrogen and oxygen atoms in total. The summed E-state index contributed by atoms with van der Waals surface area (Å²) in [6, 6.07) is 8.71. The summed E-state index contributed by atoms with van der Waals surface area (Å²) < 4.78 is 46.5. The van der Waals surface area contributed by atoms with Crippen molar-refractivity contribution < 1.29 is 22.3 Å². The third-order valence-electron chi connectivity index (χ3n) is 5.00. The number of ether oxygens (including phenoxy) is 2. The summed E-state index contributed by atoms with van der Waals surface area (Å²) in [5.41, 5.74) is 0.470. The summed E-state index contributed by atoms with van der Waals surface area (Å²) in [5, 5.41) is 7.84. The molecule has 0 bridgehead atoms. The van der Waals surface area contributed by atoms with Crippen LogP contribution in [0.1, 0.15) is 25.7 Å². The molecule has 1 fully saturated rings. The number of hydrogen-bond acceptors (Lipinski definition) is 7. The van der Waals surface area contributed by atoms with Crippen LogP contribution in [0.15, 0.2) is 41.0 Å². The molecular formula is C19H22N4O5S. The number of sulfonamides is 1. The minimum atomic E-state index is -3.62. The molecular weight excluding hydrogens is 396 g/mol. The predicted octanol–water partition coefficient (Wildman–Crippen LogP) is 3.23. The fraction of sp³-hybridized carbons (Fsp3) is 0.368. The molecule has 0 atom stereocenters. The number of rotatable bonds is 7. The SMILES string of the molecule is COc1cccc(OC)c1-n1c(NS(=O)(=O)C2CCCC2)nnc1-c1ccco1. The van der Waals surface area contributed by atoms with E-state index in [9.17, 15) is 8.42 Å². The van der Waals surface area contributed by atoms with E-state index in [1.807, 2.05) is 0 Å². The van der Waals surface area contributed by atoms with Gasteiger partial charge in [0.25, 0.3) is 0 Å². The lowest BCUT2D eigenvalue weighted by molar-refractivity contribution is 0.391. The van der Waals surface area contributed by atoms with E-state index in [0.717, 1.165) is 12.8 Å². The van der Waals surface area contributed by atoms with Gasteiger partial charge in [-0.2, -0.15) is 0 Å². The summed E-state index contributed by atoms with van der Waals surface area (Å²) in [7, 11) is -0.573. The molecule has 0 aliphatic heterocycles. The maximum Gasteiger partial charge on any atom is 0.243 e. The van der Waals surface area contributed by atoms with Crippen LogP contribution in [-0.2, 0) is 10.0 Å². The van der Waals surface area contributed by atoms with Gasteiger partial charge in [0, 0.05) is 0 Å². The molecule has 2 aromatic heterocycles. The minimum Gasteiger partial charge on any atom is -0.494 e. The summed E-state index contributed by atoms with van der Waals surface area (Å²) in [6.45, 7) is 0. The van der Waals surface area contributed by atoms with E-state index in [2.05, 4.69) is 14.9 Å². The predicted molar refractivity (Wildman–Crippen MR) is 107 cm³/mol.